The Morgan fingerprint density at radius 3 is 2.71 bits per heavy atom. The van der Waals surface area contributed by atoms with E-state index < -0.39 is 0 Å². The van der Waals surface area contributed by atoms with E-state index in [4.69, 9.17) is 11.5 Å². The molecule has 6 heteroatoms. The summed E-state index contributed by atoms with van der Waals surface area (Å²) in [4.78, 5) is 0. The van der Waals surface area contributed by atoms with Crippen molar-refractivity contribution in [1.29, 1.82) is 0 Å². The fourth-order valence-electron chi connectivity index (χ4n) is 0.764. The van der Waals surface area contributed by atoms with E-state index in [2.05, 4.69) is 10.2 Å². The Morgan fingerprint density at radius 1 is 1.43 bits per heavy atom. The van der Waals surface area contributed by atoms with Gasteiger partial charge in [-0.05, 0) is 40.8 Å². The molecule has 1 aromatic rings. The van der Waals surface area contributed by atoms with Gasteiger partial charge in [-0.1, -0.05) is 0 Å². The highest BCUT2D eigenvalue weighted by Crippen LogP contribution is 2.11. The fraction of sp³-hybridized carbons (Fsp3) is 0. The van der Waals surface area contributed by atoms with Gasteiger partial charge in [0.1, 0.15) is 5.82 Å². The zero-order chi connectivity index (χ0) is 10.6. The summed E-state index contributed by atoms with van der Waals surface area (Å²) in [5.74, 6) is -0.397. The number of benzene rings is 1. The number of guanidine groups is 1. The van der Waals surface area contributed by atoms with Gasteiger partial charge in [0.2, 0.25) is 5.96 Å². The Balaban J connectivity index is 2.87. The summed E-state index contributed by atoms with van der Waals surface area (Å²) in [5.41, 5.74) is 10.9. The molecule has 0 bridgehead atoms. The van der Waals surface area contributed by atoms with Gasteiger partial charge in [0.05, 0.1) is 6.21 Å². The van der Waals surface area contributed by atoms with E-state index in [0.717, 1.165) is 9.13 Å². The van der Waals surface area contributed by atoms with Crippen LogP contribution >= 0.6 is 22.6 Å². The highest BCUT2D eigenvalue weighted by atomic mass is 127. The molecule has 0 amide bonds. The van der Waals surface area contributed by atoms with Crippen LogP contribution in [-0.4, -0.2) is 12.2 Å². The van der Waals surface area contributed by atoms with E-state index in [-0.39, 0.29) is 11.8 Å². The molecule has 0 aromatic heterocycles. The summed E-state index contributed by atoms with van der Waals surface area (Å²) >= 11 is 2.00. The largest absolute Gasteiger partial charge is 0.369 e. The van der Waals surface area contributed by atoms with Gasteiger partial charge in [-0.25, -0.2) is 4.39 Å². The predicted octanol–water partition coefficient (Wildman–Crippen LogP) is 1.04. The molecule has 1 aromatic carbocycles. The Labute approximate surface area is 94.0 Å². The van der Waals surface area contributed by atoms with Crippen molar-refractivity contribution in [2.45, 2.75) is 0 Å². The number of rotatable bonds is 2. The molecule has 0 aliphatic heterocycles. The van der Waals surface area contributed by atoms with E-state index >= 15 is 0 Å². The Bertz CT molecular complexity index is 385. The summed E-state index contributed by atoms with van der Waals surface area (Å²) in [6.45, 7) is 0. The van der Waals surface area contributed by atoms with Crippen molar-refractivity contribution < 1.29 is 4.39 Å². The summed E-state index contributed by atoms with van der Waals surface area (Å²) < 4.78 is 13.4. The van der Waals surface area contributed by atoms with Gasteiger partial charge in [0.25, 0.3) is 0 Å². The molecule has 0 aliphatic rings. The molecule has 0 unspecified atom stereocenters. The molecule has 74 valence electrons. The van der Waals surface area contributed by atoms with Crippen molar-refractivity contribution in [3.05, 3.63) is 33.1 Å². The molecule has 4 N–H and O–H groups in total. The Kier molecular flexibility index (Phi) is 3.81. The van der Waals surface area contributed by atoms with Crippen LogP contribution in [0.4, 0.5) is 4.39 Å². The number of hydrogen-bond acceptors (Lipinski definition) is 2. The van der Waals surface area contributed by atoms with Crippen LogP contribution in [0.2, 0.25) is 0 Å². The van der Waals surface area contributed by atoms with Gasteiger partial charge in [0.15, 0.2) is 0 Å². The summed E-state index contributed by atoms with van der Waals surface area (Å²) in [6.07, 6.45) is 1.46. The number of halogens is 2. The zero-order valence-corrected chi connectivity index (χ0v) is 9.27. The number of hydrogen-bond donors (Lipinski definition) is 2. The Hall–Kier alpha value is -1.18. The van der Waals surface area contributed by atoms with E-state index in [1.165, 1.54) is 18.3 Å². The molecule has 0 fully saturated rings. The molecule has 0 saturated heterocycles. The number of nitrogens with two attached hydrogens (primary N) is 2. The standard InChI is InChI=1S/C8H8FIN4/c9-6-2-1-5(7(10)3-6)4-13-14-8(11)12/h1-4H,(H4,11,12,14). The van der Waals surface area contributed by atoms with Crippen LogP contribution in [-0.2, 0) is 0 Å². The summed E-state index contributed by atoms with van der Waals surface area (Å²) in [7, 11) is 0. The van der Waals surface area contributed by atoms with E-state index in [0.29, 0.717) is 0 Å². The first-order valence-corrected chi connectivity index (χ1v) is 4.74. The molecular formula is C8H8FIN4. The second-order valence-electron chi connectivity index (χ2n) is 2.44. The topological polar surface area (TPSA) is 76.8 Å². The van der Waals surface area contributed by atoms with Crippen LogP contribution in [0.5, 0.6) is 0 Å². The molecule has 0 saturated carbocycles. The maximum absolute atomic E-state index is 12.7. The fourth-order valence-corrected chi connectivity index (χ4v) is 1.38. The van der Waals surface area contributed by atoms with Gasteiger partial charge < -0.3 is 11.5 Å². The molecule has 0 atom stereocenters. The average molecular weight is 306 g/mol. The van der Waals surface area contributed by atoms with Crippen molar-refractivity contribution >= 4 is 34.8 Å². The van der Waals surface area contributed by atoms with Crippen molar-refractivity contribution in [2.24, 2.45) is 21.7 Å². The monoisotopic (exact) mass is 306 g/mol. The lowest BCUT2D eigenvalue weighted by molar-refractivity contribution is 0.627. The van der Waals surface area contributed by atoms with Crippen molar-refractivity contribution in [1.82, 2.24) is 0 Å². The lowest BCUT2D eigenvalue weighted by Crippen LogP contribution is -2.21. The minimum absolute atomic E-state index is 0.113. The first kappa shape index (κ1) is 10.9. The van der Waals surface area contributed by atoms with Crippen molar-refractivity contribution in [3.8, 4) is 0 Å². The molecule has 0 heterocycles. The second-order valence-corrected chi connectivity index (χ2v) is 3.60. The maximum atomic E-state index is 12.7. The normalized spacial score (nSPS) is 10.4. The third-order valence-corrected chi connectivity index (χ3v) is 2.27. The van der Waals surface area contributed by atoms with E-state index in [1.807, 2.05) is 22.6 Å². The average Bonchev–Trinajstić information content (AvgIpc) is 2.08. The van der Waals surface area contributed by atoms with Gasteiger partial charge in [-0.15, -0.1) is 5.10 Å². The molecule has 14 heavy (non-hydrogen) atoms. The second kappa shape index (κ2) is 4.89. The molecular weight excluding hydrogens is 298 g/mol. The number of nitrogens with zero attached hydrogens (tertiary/aromatic N) is 2. The zero-order valence-electron chi connectivity index (χ0n) is 7.11. The SMILES string of the molecule is NC(N)=NN=Cc1ccc(F)cc1I. The van der Waals surface area contributed by atoms with Crippen LogP contribution in [0.15, 0.2) is 28.4 Å². The lowest BCUT2D eigenvalue weighted by atomic mass is 10.2. The van der Waals surface area contributed by atoms with Crippen LogP contribution < -0.4 is 11.5 Å². The van der Waals surface area contributed by atoms with Gasteiger partial charge >= 0.3 is 0 Å². The van der Waals surface area contributed by atoms with Crippen LogP contribution in [0.25, 0.3) is 0 Å². The van der Waals surface area contributed by atoms with Crippen LogP contribution in [0, 0.1) is 9.39 Å². The maximum Gasteiger partial charge on any atom is 0.211 e. The van der Waals surface area contributed by atoms with Crippen LogP contribution in [0.3, 0.4) is 0 Å². The van der Waals surface area contributed by atoms with Crippen molar-refractivity contribution in [3.63, 3.8) is 0 Å². The predicted molar refractivity (Wildman–Crippen MR) is 62.5 cm³/mol. The minimum atomic E-state index is -0.284. The lowest BCUT2D eigenvalue weighted by Gasteiger charge is -1.96. The highest BCUT2D eigenvalue weighted by Gasteiger charge is 1.97. The summed E-state index contributed by atoms with van der Waals surface area (Å²) in [6, 6.07) is 4.35. The third kappa shape index (κ3) is 3.29. The summed E-state index contributed by atoms with van der Waals surface area (Å²) in [5, 5.41) is 7.05. The highest BCUT2D eigenvalue weighted by molar-refractivity contribution is 14.1. The molecule has 4 nitrogen and oxygen atoms in total. The molecule has 1 rings (SSSR count). The van der Waals surface area contributed by atoms with Gasteiger partial charge in [-0.2, -0.15) is 5.10 Å². The van der Waals surface area contributed by atoms with Gasteiger partial charge in [-0.3, -0.25) is 0 Å². The smallest absolute Gasteiger partial charge is 0.211 e. The molecule has 0 aliphatic carbocycles. The van der Waals surface area contributed by atoms with E-state index in [9.17, 15) is 4.39 Å². The first-order chi connectivity index (χ1) is 6.59. The minimum Gasteiger partial charge on any atom is -0.369 e. The van der Waals surface area contributed by atoms with E-state index in [1.54, 1.807) is 6.07 Å². The third-order valence-electron chi connectivity index (χ3n) is 1.33. The van der Waals surface area contributed by atoms with Crippen LogP contribution in [0.1, 0.15) is 5.56 Å². The molecule has 0 radical (unpaired) electrons. The first-order valence-electron chi connectivity index (χ1n) is 3.66. The van der Waals surface area contributed by atoms with Gasteiger partial charge in [0, 0.05) is 9.13 Å². The Morgan fingerprint density at radius 2 is 2.14 bits per heavy atom. The van der Waals surface area contributed by atoms with Crippen molar-refractivity contribution in [2.75, 3.05) is 0 Å². The quantitative estimate of drug-likeness (QED) is 0.371. The molecule has 0 spiro atoms.